The molecule has 1 rings (SSSR count). The molecule has 130 valence electrons. The van der Waals surface area contributed by atoms with Crippen molar-refractivity contribution in [1.82, 2.24) is 0 Å². The van der Waals surface area contributed by atoms with Gasteiger partial charge in [-0.15, -0.1) is 0 Å². The summed E-state index contributed by atoms with van der Waals surface area (Å²) in [7, 11) is -0.200. The second-order valence-corrected chi connectivity index (χ2v) is 6.31. The first-order valence-electron chi connectivity index (χ1n) is 9.66. The molecule has 0 spiro atoms. The zero-order valence-corrected chi connectivity index (χ0v) is 15.3. The largest absolute Gasteiger partial charge is 0.493 e. The molecule has 23 heavy (non-hydrogen) atoms. The Kier molecular flexibility index (Phi) is 13.0. The van der Waals surface area contributed by atoms with Crippen LogP contribution >= 0.6 is 0 Å². The lowest BCUT2D eigenvalue weighted by molar-refractivity contribution is 0.199. The molecule has 0 N–H and O–H groups in total. The first-order chi connectivity index (χ1) is 11.4. The van der Waals surface area contributed by atoms with Crippen molar-refractivity contribution in [2.24, 2.45) is 0 Å². The average Bonchev–Trinajstić information content (AvgIpc) is 2.60. The van der Waals surface area contributed by atoms with Gasteiger partial charge in [0, 0.05) is 13.2 Å². The summed E-state index contributed by atoms with van der Waals surface area (Å²) in [5.41, 5.74) is 1.13. The SMILES string of the molecule is CCCCCCCOB(OCCCCCCC)c1ccccc1. The van der Waals surface area contributed by atoms with E-state index in [1.54, 1.807) is 0 Å². The maximum atomic E-state index is 6.01. The molecule has 0 aliphatic carbocycles. The normalized spacial score (nSPS) is 10.9. The molecule has 0 aromatic heterocycles. The first-order valence-corrected chi connectivity index (χ1v) is 9.66. The van der Waals surface area contributed by atoms with Crippen molar-refractivity contribution >= 4 is 12.6 Å². The van der Waals surface area contributed by atoms with Gasteiger partial charge in [-0.05, 0) is 18.3 Å². The Morgan fingerprint density at radius 3 is 1.61 bits per heavy atom. The van der Waals surface area contributed by atoms with E-state index < -0.39 is 0 Å². The monoisotopic (exact) mass is 318 g/mol. The number of hydrogen-bond acceptors (Lipinski definition) is 2. The van der Waals surface area contributed by atoms with Gasteiger partial charge in [-0.1, -0.05) is 95.5 Å². The summed E-state index contributed by atoms with van der Waals surface area (Å²) in [6.45, 7) is 6.07. The molecular weight excluding hydrogens is 283 g/mol. The van der Waals surface area contributed by atoms with Crippen molar-refractivity contribution in [3.63, 3.8) is 0 Å². The van der Waals surface area contributed by atoms with Crippen molar-refractivity contribution in [1.29, 1.82) is 0 Å². The zero-order valence-electron chi connectivity index (χ0n) is 15.3. The Morgan fingerprint density at radius 1 is 0.652 bits per heavy atom. The summed E-state index contributed by atoms with van der Waals surface area (Å²) in [5.74, 6) is 0. The number of benzene rings is 1. The van der Waals surface area contributed by atoms with Gasteiger partial charge in [0.05, 0.1) is 0 Å². The standard InChI is InChI=1S/C20H35BO2/c1-3-5-7-9-14-18-22-21(20-16-12-11-13-17-20)23-19-15-10-8-6-4-2/h11-13,16-17H,3-10,14-15,18-19H2,1-2H3. The summed E-state index contributed by atoms with van der Waals surface area (Å²) in [6.07, 6.45) is 12.6. The number of hydrogen-bond donors (Lipinski definition) is 0. The van der Waals surface area contributed by atoms with E-state index in [0.29, 0.717) is 0 Å². The lowest BCUT2D eigenvalue weighted by Crippen LogP contribution is -2.37. The summed E-state index contributed by atoms with van der Waals surface area (Å²) in [4.78, 5) is 0. The Labute approximate surface area is 144 Å². The summed E-state index contributed by atoms with van der Waals surface area (Å²) in [5, 5.41) is 0. The minimum absolute atomic E-state index is 0.200. The summed E-state index contributed by atoms with van der Waals surface area (Å²) in [6, 6.07) is 10.3. The predicted molar refractivity (Wildman–Crippen MR) is 101 cm³/mol. The third-order valence-electron chi connectivity index (χ3n) is 4.11. The van der Waals surface area contributed by atoms with Gasteiger partial charge in [0.15, 0.2) is 0 Å². The van der Waals surface area contributed by atoms with Gasteiger partial charge in [-0.25, -0.2) is 0 Å². The quantitative estimate of drug-likeness (QED) is 0.320. The molecule has 0 heterocycles. The maximum Gasteiger partial charge on any atom is 0.493 e. The minimum Gasteiger partial charge on any atom is -0.407 e. The van der Waals surface area contributed by atoms with Gasteiger partial charge in [-0.3, -0.25) is 0 Å². The van der Waals surface area contributed by atoms with Crippen molar-refractivity contribution in [3.8, 4) is 0 Å². The van der Waals surface area contributed by atoms with E-state index >= 15 is 0 Å². The molecular formula is C20H35BO2. The molecule has 3 heteroatoms. The Balaban J connectivity index is 2.26. The molecule has 1 aromatic carbocycles. The highest BCUT2D eigenvalue weighted by atomic mass is 16.6. The Bertz CT molecular complexity index is 340. The number of unbranched alkanes of at least 4 members (excludes halogenated alkanes) is 8. The van der Waals surface area contributed by atoms with Crippen molar-refractivity contribution < 1.29 is 9.31 Å². The predicted octanol–water partition coefficient (Wildman–Crippen LogP) is 5.36. The van der Waals surface area contributed by atoms with Crippen LogP contribution in [0.15, 0.2) is 30.3 Å². The lowest BCUT2D eigenvalue weighted by atomic mass is 9.79. The molecule has 0 fully saturated rings. The summed E-state index contributed by atoms with van der Waals surface area (Å²) < 4.78 is 12.0. The van der Waals surface area contributed by atoms with Crippen LogP contribution in [-0.4, -0.2) is 20.3 Å². The second kappa shape index (κ2) is 14.8. The van der Waals surface area contributed by atoms with Crippen molar-refractivity contribution in [2.45, 2.75) is 78.1 Å². The summed E-state index contributed by atoms with van der Waals surface area (Å²) >= 11 is 0. The van der Waals surface area contributed by atoms with E-state index in [1.807, 2.05) is 6.07 Å². The van der Waals surface area contributed by atoms with Gasteiger partial charge < -0.3 is 9.31 Å². The van der Waals surface area contributed by atoms with Crippen LogP contribution < -0.4 is 5.46 Å². The van der Waals surface area contributed by atoms with Gasteiger partial charge in [0.2, 0.25) is 0 Å². The molecule has 1 aromatic rings. The molecule has 0 radical (unpaired) electrons. The van der Waals surface area contributed by atoms with E-state index in [-0.39, 0.29) is 7.12 Å². The molecule has 0 aliphatic heterocycles. The fourth-order valence-corrected chi connectivity index (χ4v) is 2.64. The van der Waals surface area contributed by atoms with Crippen LogP contribution in [0.4, 0.5) is 0 Å². The number of rotatable bonds is 15. The van der Waals surface area contributed by atoms with E-state index in [1.165, 1.54) is 51.4 Å². The third-order valence-corrected chi connectivity index (χ3v) is 4.11. The third kappa shape index (κ3) is 10.6. The molecule has 0 unspecified atom stereocenters. The molecule has 0 bridgehead atoms. The Hall–Kier alpha value is -0.795. The fourth-order valence-electron chi connectivity index (χ4n) is 2.64. The second-order valence-electron chi connectivity index (χ2n) is 6.31. The minimum atomic E-state index is -0.200. The molecule has 2 nitrogen and oxygen atoms in total. The van der Waals surface area contributed by atoms with E-state index in [4.69, 9.17) is 9.31 Å². The molecule has 0 saturated carbocycles. The van der Waals surface area contributed by atoms with Gasteiger partial charge >= 0.3 is 7.12 Å². The van der Waals surface area contributed by atoms with Gasteiger partial charge in [0.25, 0.3) is 0 Å². The van der Waals surface area contributed by atoms with E-state index in [0.717, 1.165) is 31.5 Å². The average molecular weight is 318 g/mol. The lowest BCUT2D eigenvalue weighted by Gasteiger charge is -2.15. The van der Waals surface area contributed by atoms with Crippen LogP contribution in [0.25, 0.3) is 0 Å². The van der Waals surface area contributed by atoms with Crippen LogP contribution in [0.3, 0.4) is 0 Å². The van der Waals surface area contributed by atoms with Crippen molar-refractivity contribution in [2.75, 3.05) is 13.2 Å². The molecule has 0 aliphatic rings. The van der Waals surface area contributed by atoms with E-state index in [2.05, 4.69) is 38.1 Å². The van der Waals surface area contributed by atoms with Crippen LogP contribution in [-0.2, 0) is 9.31 Å². The van der Waals surface area contributed by atoms with E-state index in [9.17, 15) is 0 Å². The fraction of sp³-hybridized carbons (Fsp3) is 0.700. The zero-order chi connectivity index (χ0) is 16.6. The molecule has 0 amide bonds. The molecule has 0 atom stereocenters. The topological polar surface area (TPSA) is 18.5 Å². The van der Waals surface area contributed by atoms with Gasteiger partial charge in [-0.2, -0.15) is 0 Å². The highest BCUT2D eigenvalue weighted by Crippen LogP contribution is 2.06. The first kappa shape index (κ1) is 20.2. The smallest absolute Gasteiger partial charge is 0.407 e. The maximum absolute atomic E-state index is 6.01. The van der Waals surface area contributed by atoms with Crippen LogP contribution in [0, 0.1) is 0 Å². The van der Waals surface area contributed by atoms with Gasteiger partial charge in [0.1, 0.15) is 0 Å². The van der Waals surface area contributed by atoms with Crippen LogP contribution in [0.1, 0.15) is 78.1 Å². The molecule has 0 saturated heterocycles. The van der Waals surface area contributed by atoms with Crippen LogP contribution in [0.5, 0.6) is 0 Å². The van der Waals surface area contributed by atoms with Crippen molar-refractivity contribution in [3.05, 3.63) is 30.3 Å². The highest BCUT2D eigenvalue weighted by Gasteiger charge is 2.20. The van der Waals surface area contributed by atoms with Crippen LogP contribution in [0.2, 0.25) is 0 Å². The highest BCUT2D eigenvalue weighted by molar-refractivity contribution is 6.61. The Morgan fingerprint density at radius 2 is 1.13 bits per heavy atom.